The minimum atomic E-state index is -0.661. The molecule has 0 aromatic heterocycles. The Morgan fingerprint density at radius 3 is 2.33 bits per heavy atom. The third kappa shape index (κ3) is 8.17. The molecule has 1 aromatic rings. The van der Waals surface area contributed by atoms with E-state index in [1.54, 1.807) is 20.8 Å². The van der Waals surface area contributed by atoms with Gasteiger partial charge in [-0.3, -0.25) is 9.59 Å². The van der Waals surface area contributed by atoms with Crippen LogP contribution in [0.2, 0.25) is 0 Å². The summed E-state index contributed by atoms with van der Waals surface area (Å²) in [6.07, 6.45) is 0.362. The number of rotatable bonds is 8. The van der Waals surface area contributed by atoms with Gasteiger partial charge in [-0.2, -0.15) is 0 Å². The molecule has 24 heavy (non-hydrogen) atoms. The number of carbonyl (C=O) groups is 3. The van der Waals surface area contributed by atoms with Gasteiger partial charge in [0, 0.05) is 19.5 Å². The largest absolute Gasteiger partial charge is 0.444 e. The van der Waals surface area contributed by atoms with Crippen LogP contribution in [0.1, 0.15) is 26.3 Å². The molecule has 3 N–H and O–H groups in total. The van der Waals surface area contributed by atoms with E-state index in [-0.39, 0.29) is 19.0 Å². The highest BCUT2D eigenvalue weighted by atomic mass is 16.6. The van der Waals surface area contributed by atoms with Crippen molar-refractivity contribution >= 4 is 18.4 Å². The fourth-order valence-corrected chi connectivity index (χ4v) is 1.95. The molecule has 0 bridgehead atoms. The quantitative estimate of drug-likeness (QED) is 0.487. The Balaban J connectivity index is 2.37. The molecule has 0 spiro atoms. The summed E-state index contributed by atoms with van der Waals surface area (Å²) < 4.78 is 5.09. The maximum absolute atomic E-state index is 12.1. The number of amides is 3. The van der Waals surface area contributed by atoms with Crippen LogP contribution in [0.4, 0.5) is 4.79 Å². The van der Waals surface area contributed by atoms with Crippen molar-refractivity contribution in [1.82, 2.24) is 16.0 Å². The molecule has 1 atom stereocenters. The van der Waals surface area contributed by atoms with Crippen LogP contribution in [0.25, 0.3) is 0 Å². The summed E-state index contributed by atoms with van der Waals surface area (Å²) in [6.45, 7) is 5.79. The van der Waals surface area contributed by atoms with Gasteiger partial charge in [-0.15, -0.1) is 0 Å². The molecule has 1 rings (SSSR count). The van der Waals surface area contributed by atoms with Crippen LogP contribution in [-0.2, 0) is 20.7 Å². The van der Waals surface area contributed by atoms with Gasteiger partial charge in [0.2, 0.25) is 12.3 Å². The van der Waals surface area contributed by atoms with E-state index in [2.05, 4.69) is 16.0 Å². The highest BCUT2D eigenvalue weighted by molar-refractivity contribution is 5.84. The Bertz CT molecular complexity index is 541. The molecule has 3 amide bonds. The maximum atomic E-state index is 12.1. The highest BCUT2D eigenvalue weighted by Crippen LogP contribution is 2.06. The second kappa shape index (κ2) is 9.54. The Kier molecular flexibility index (Phi) is 7.74. The summed E-state index contributed by atoms with van der Waals surface area (Å²) in [5.74, 6) is -0.308. The minimum Gasteiger partial charge on any atom is -0.444 e. The molecule has 0 aliphatic heterocycles. The molecule has 7 heteroatoms. The van der Waals surface area contributed by atoms with Gasteiger partial charge in [-0.25, -0.2) is 4.79 Å². The first-order chi connectivity index (χ1) is 11.3. The van der Waals surface area contributed by atoms with E-state index in [0.29, 0.717) is 12.8 Å². The van der Waals surface area contributed by atoms with E-state index in [9.17, 15) is 14.4 Å². The zero-order chi connectivity index (χ0) is 18.0. The molecule has 0 aliphatic carbocycles. The third-order valence-corrected chi connectivity index (χ3v) is 2.96. The Hall–Kier alpha value is -2.57. The maximum Gasteiger partial charge on any atom is 0.407 e. The van der Waals surface area contributed by atoms with Gasteiger partial charge in [0.15, 0.2) is 0 Å². The van der Waals surface area contributed by atoms with E-state index >= 15 is 0 Å². The van der Waals surface area contributed by atoms with Crippen LogP contribution in [0.15, 0.2) is 30.3 Å². The molecule has 0 saturated heterocycles. The molecule has 7 nitrogen and oxygen atoms in total. The summed E-state index contributed by atoms with van der Waals surface area (Å²) in [7, 11) is 0. The van der Waals surface area contributed by atoms with Gasteiger partial charge >= 0.3 is 6.09 Å². The van der Waals surface area contributed by atoms with E-state index < -0.39 is 17.7 Å². The van der Waals surface area contributed by atoms with Crippen LogP contribution in [-0.4, -0.2) is 43.1 Å². The zero-order valence-corrected chi connectivity index (χ0v) is 14.3. The van der Waals surface area contributed by atoms with Crippen molar-refractivity contribution in [3.8, 4) is 0 Å². The van der Waals surface area contributed by atoms with Crippen molar-refractivity contribution in [3.05, 3.63) is 35.9 Å². The molecule has 1 unspecified atom stereocenters. The lowest BCUT2D eigenvalue weighted by atomic mass is 10.1. The van der Waals surface area contributed by atoms with E-state index in [1.807, 2.05) is 30.3 Å². The molecule has 1 aromatic carbocycles. The summed E-state index contributed by atoms with van der Waals surface area (Å²) in [6, 6.07) is 8.74. The normalized spacial score (nSPS) is 12.0. The number of alkyl carbamates (subject to hydrolysis) is 1. The van der Waals surface area contributed by atoms with Crippen LogP contribution >= 0.6 is 0 Å². The average molecular weight is 335 g/mol. The van der Waals surface area contributed by atoms with Crippen molar-refractivity contribution in [2.24, 2.45) is 0 Å². The average Bonchev–Trinajstić information content (AvgIpc) is 2.50. The number of hydrogen-bond acceptors (Lipinski definition) is 4. The first kappa shape index (κ1) is 19.5. The van der Waals surface area contributed by atoms with Crippen molar-refractivity contribution in [3.63, 3.8) is 0 Å². The smallest absolute Gasteiger partial charge is 0.407 e. The highest BCUT2D eigenvalue weighted by Gasteiger charge is 2.18. The summed E-state index contributed by atoms with van der Waals surface area (Å²) >= 11 is 0. The molecule has 0 radical (unpaired) electrons. The lowest BCUT2D eigenvalue weighted by Crippen LogP contribution is -2.47. The molecule has 132 valence electrons. The molecule has 0 aliphatic rings. The SMILES string of the molecule is CC(C)(C)OC(=O)NCCNC(=O)C(Cc1ccccc1)NC=O. The lowest BCUT2D eigenvalue weighted by Gasteiger charge is -2.20. The topological polar surface area (TPSA) is 96.5 Å². The molecular formula is C17H25N3O4. The van der Waals surface area contributed by atoms with Crippen molar-refractivity contribution < 1.29 is 19.1 Å². The monoisotopic (exact) mass is 335 g/mol. The number of hydrogen-bond donors (Lipinski definition) is 3. The fraction of sp³-hybridized carbons (Fsp3) is 0.471. The van der Waals surface area contributed by atoms with Crippen molar-refractivity contribution in [1.29, 1.82) is 0 Å². The van der Waals surface area contributed by atoms with Gasteiger partial charge in [0.1, 0.15) is 11.6 Å². The van der Waals surface area contributed by atoms with Gasteiger partial charge in [-0.05, 0) is 26.3 Å². The zero-order valence-electron chi connectivity index (χ0n) is 14.3. The van der Waals surface area contributed by atoms with Gasteiger partial charge in [0.05, 0.1) is 0 Å². The first-order valence-electron chi connectivity index (χ1n) is 7.80. The minimum absolute atomic E-state index is 0.236. The van der Waals surface area contributed by atoms with Crippen LogP contribution in [0, 0.1) is 0 Å². The Morgan fingerprint density at radius 1 is 1.12 bits per heavy atom. The van der Waals surface area contributed by atoms with Crippen molar-refractivity contribution in [2.45, 2.75) is 38.8 Å². The van der Waals surface area contributed by atoms with E-state index in [4.69, 9.17) is 4.74 Å². The summed E-state index contributed by atoms with van der Waals surface area (Å²) in [5, 5.41) is 7.73. The predicted molar refractivity (Wildman–Crippen MR) is 90.4 cm³/mol. The third-order valence-electron chi connectivity index (χ3n) is 2.96. The number of nitrogens with one attached hydrogen (secondary N) is 3. The standard InChI is InChI=1S/C17H25N3O4/c1-17(2,3)24-16(23)19-10-9-18-15(22)14(20-12-21)11-13-7-5-4-6-8-13/h4-8,12,14H,9-11H2,1-3H3,(H,18,22)(H,19,23)(H,20,21). The van der Waals surface area contributed by atoms with Crippen LogP contribution in [0.3, 0.4) is 0 Å². The number of carbonyl (C=O) groups excluding carboxylic acids is 3. The lowest BCUT2D eigenvalue weighted by molar-refractivity contribution is -0.125. The molecular weight excluding hydrogens is 310 g/mol. The van der Waals surface area contributed by atoms with Gasteiger partial charge in [-0.1, -0.05) is 30.3 Å². The van der Waals surface area contributed by atoms with Crippen molar-refractivity contribution in [2.75, 3.05) is 13.1 Å². The molecule has 0 fully saturated rings. The Morgan fingerprint density at radius 2 is 1.75 bits per heavy atom. The van der Waals surface area contributed by atoms with Gasteiger partial charge in [0.25, 0.3) is 0 Å². The first-order valence-corrected chi connectivity index (χ1v) is 7.80. The second-order valence-corrected chi connectivity index (χ2v) is 6.25. The molecule has 0 heterocycles. The summed E-state index contributed by atoms with van der Waals surface area (Å²) in [5.41, 5.74) is 0.376. The fourth-order valence-electron chi connectivity index (χ4n) is 1.95. The summed E-state index contributed by atoms with van der Waals surface area (Å²) in [4.78, 5) is 34.3. The number of benzene rings is 1. The van der Waals surface area contributed by atoms with Gasteiger partial charge < -0.3 is 20.7 Å². The predicted octanol–water partition coefficient (Wildman–Crippen LogP) is 0.985. The van der Waals surface area contributed by atoms with E-state index in [0.717, 1.165) is 5.56 Å². The van der Waals surface area contributed by atoms with E-state index in [1.165, 1.54) is 0 Å². The van der Waals surface area contributed by atoms with Crippen LogP contribution in [0.5, 0.6) is 0 Å². The molecule has 0 saturated carbocycles. The van der Waals surface area contributed by atoms with Crippen LogP contribution < -0.4 is 16.0 Å². The number of ether oxygens (including phenoxy) is 1. The Labute approximate surface area is 142 Å². The second-order valence-electron chi connectivity index (χ2n) is 6.25.